The van der Waals surface area contributed by atoms with Crippen LogP contribution in [0.3, 0.4) is 0 Å². The van der Waals surface area contributed by atoms with Crippen LogP contribution in [0.4, 0.5) is 5.95 Å². The van der Waals surface area contributed by atoms with Crippen molar-refractivity contribution in [3.05, 3.63) is 6.33 Å². The number of fused-ring (bicyclic) bond motifs is 1. The molecular weight excluding hydrogens is 244 g/mol. The van der Waals surface area contributed by atoms with E-state index in [9.17, 15) is 0 Å². The van der Waals surface area contributed by atoms with Gasteiger partial charge in [0.25, 0.3) is 0 Å². The molecule has 104 valence electrons. The van der Waals surface area contributed by atoms with Gasteiger partial charge in [0, 0.05) is 19.1 Å². The molecule has 0 fully saturated rings. The molecule has 0 saturated heterocycles. The van der Waals surface area contributed by atoms with Gasteiger partial charge < -0.3 is 15.4 Å². The number of aromatic nitrogens is 4. The first-order valence-electron chi connectivity index (χ1n) is 6.25. The summed E-state index contributed by atoms with van der Waals surface area (Å²) in [6.45, 7) is 5.91. The maximum atomic E-state index is 5.95. The maximum absolute atomic E-state index is 5.95. The first-order valence-corrected chi connectivity index (χ1v) is 6.25. The molecule has 7 heteroatoms. The third-order valence-corrected chi connectivity index (χ3v) is 3.28. The van der Waals surface area contributed by atoms with Crippen molar-refractivity contribution in [2.45, 2.75) is 26.4 Å². The van der Waals surface area contributed by atoms with Gasteiger partial charge in [-0.15, -0.1) is 0 Å². The number of nitrogens with zero attached hydrogens (tertiary/aromatic N) is 5. The van der Waals surface area contributed by atoms with Gasteiger partial charge in [-0.3, -0.25) is 4.57 Å². The first kappa shape index (κ1) is 13.5. The first-order chi connectivity index (χ1) is 9.04. The third kappa shape index (κ3) is 2.60. The summed E-state index contributed by atoms with van der Waals surface area (Å²) < 4.78 is 7.05. The summed E-state index contributed by atoms with van der Waals surface area (Å²) in [5.41, 5.74) is 7.27. The lowest BCUT2D eigenvalue weighted by Gasteiger charge is -2.21. The number of anilines is 1. The second-order valence-corrected chi connectivity index (χ2v) is 4.75. The van der Waals surface area contributed by atoms with Gasteiger partial charge in [-0.25, -0.2) is 9.97 Å². The van der Waals surface area contributed by atoms with Crippen LogP contribution in [0.15, 0.2) is 6.33 Å². The monoisotopic (exact) mass is 264 g/mol. The minimum atomic E-state index is 0.436. The number of hydrogen-bond acceptors (Lipinski definition) is 6. The van der Waals surface area contributed by atoms with Crippen LogP contribution in [-0.4, -0.2) is 51.2 Å². The van der Waals surface area contributed by atoms with E-state index in [-0.39, 0.29) is 0 Å². The van der Waals surface area contributed by atoms with Crippen LogP contribution in [0.1, 0.15) is 13.8 Å². The highest BCUT2D eigenvalue weighted by molar-refractivity contribution is 5.78. The summed E-state index contributed by atoms with van der Waals surface area (Å²) in [5, 5.41) is 0. The number of nitrogens with two attached hydrogens (primary N) is 1. The Kier molecular flexibility index (Phi) is 3.84. The van der Waals surface area contributed by atoms with E-state index in [2.05, 4.69) is 40.7 Å². The highest BCUT2D eigenvalue weighted by Crippen LogP contribution is 2.22. The molecule has 0 aliphatic heterocycles. The van der Waals surface area contributed by atoms with Gasteiger partial charge >= 0.3 is 0 Å². The van der Waals surface area contributed by atoms with E-state index < -0.39 is 0 Å². The number of hydrogen-bond donors (Lipinski definition) is 1. The zero-order valence-corrected chi connectivity index (χ0v) is 11.8. The largest absolute Gasteiger partial charge is 0.479 e. The van der Waals surface area contributed by atoms with Crippen molar-refractivity contribution in [1.82, 2.24) is 24.4 Å². The molecule has 0 atom stereocenters. The van der Waals surface area contributed by atoms with E-state index in [1.54, 1.807) is 7.11 Å². The fourth-order valence-corrected chi connectivity index (χ4v) is 1.82. The fourth-order valence-electron chi connectivity index (χ4n) is 1.82. The molecule has 19 heavy (non-hydrogen) atoms. The number of ether oxygens (including phenoxy) is 1. The van der Waals surface area contributed by atoms with Gasteiger partial charge in [0.1, 0.15) is 6.33 Å². The second-order valence-electron chi connectivity index (χ2n) is 4.75. The quantitative estimate of drug-likeness (QED) is 0.858. The summed E-state index contributed by atoms with van der Waals surface area (Å²) >= 11 is 0. The summed E-state index contributed by atoms with van der Waals surface area (Å²) in [6, 6.07) is 0.486. The van der Waals surface area contributed by atoms with E-state index in [0.717, 1.165) is 13.1 Å². The van der Waals surface area contributed by atoms with Crippen LogP contribution in [0.2, 0.25) is 0 Å². The Morgan fingerprint density at radius 2 is 2.16 bits per heavy atom. The van der Waals surface area contributed by atoms with Gasteiger partial charge in [-0.1, -0.05) is 0 Å². The molecular formula is C12H20N6O. The Labute approximate surface area is 112 Å². The summed E-state index contributed by atoms with van der Waals surface area (Å²) in [5.74, 6) is 0.888. The highest BCUT2D eigenvalue weighted by atomic mass is 16.5. The van der Waals surface area contributed by atoms with Gasteiger partial charge in [0.15, 0.2) is 11.2 Å². The lowest BCUT2D eigenvalue weighted by atomic mass is 10.3. The van der Waals surface area contributed by atoms with Crippen LogP contribution < -0.4 is 10.5 Å². The summed E-state index contributed by atoms with van der Waals surface area (Å²) in [6.07, 6.45) is 1.46. The highest BCUT2D eigenvalue weighted by Gasteiger charge is 2.15. The number of methoxy groups -OCH3 is 1. The zero-order valence-electron chi connectivity index (χ0n) is 11.8. The van der Waals surface area contributed by atoms with Crippen molar-refractivity contribution in [3.63, 3.8) is 0 Å². The van der Waals surface area contributed by atoms with Gasteiger partial charge in [0.2, 0.25) is 11.8 Å². The second kappa shape index (κ2) is 5.40. The van der Waals surface area contributed by atoms with Crippen molar-refractivity contribution < 1.29 is 4.74 Å². The van der Waals surface area contributed by atoms with Crippen molar-refractivity contribution in [2.24, 2.45) is 0 Å². The maximum Gasteiger partial charge on any atom is 0.245 e. The predicted octanol–water partition coefficient (Wildman–Crippen LogP) is 0.757. The molecule has 7 nitrogen and oxygen atoms in total. The van der Waals surface area contributed by atoms with Crippen molar-refractivity contribution in [1.29, 1.82) is 0 Å². The molecule has 0 aliphatic carbocycles. The summed E-state index contributed by atoms with van der Waals surface area (Å²) in [7, 11) is 3.64. The normalized spacial score (nSPS) is 11.7. The molecule has 2 heterocycles. The Balaban J connectivity index is 2.30. The van der Waals surface area contributed by atoms with E-state index in [4.69, 9.17) is 10.5 Å². The number of imidazole rings is 1. The number of rotatable bonds is 5. The average molecular weight is 264 g/mol. The molecule has 0 saturated carbocycles. The van der Waals surface area contributed by atoms with Crippen molar-refractivity contribution >= 4 is 17.1 Å². The standard InChI is InChI=1S/C12H20N6O/c1-8(2)17(3)5-6-18-10-9(16-12(18)13)11(19-4)15-7-14-10/h7-8H,5-6H2,1-4H3,(H2,13,16). The molecule has 2 rings (SSSR count). The molecule has 0 bridgehead atoms. The Morgan fingerprint density at radius 3 is 2.79 bits per heavy atom. The lowest BCUT2D eigenvalue weighted by molar-refractivity contribution is 0.264. The van der Waals surface area contributed by atoms with Crippen LogP contribution in [0.5, 0.6) is 5.88 Å². The molecule has 2 N–H and O–H groups in total. The van der Waals surface area contributed by atoms with Crippen LogP contribution >= 0.6 is 0 Å². The molecule has 0 aromatic carbocycles. The topological polar surface area (TPSA) is 82.1 Å². The van der Waals surface area contributed by atoms with E-state index in [1.165, 1.54) is 6.33 Å². The predicted molar refractivity (Wildman–Crippen MR) is 74.1 cm³/mol. The van der Waals surface area contributed by atoms with Crippen LogP contribution in [0.25, 0.3) is 11.2 Å². The van der Waals surface area contributed by atoms with Gasteiger partial charge in [-0.2, -0.15) is 4.98 Å². The minimum absolute atomic E-state index is 0.436. The molecule has 2 aromatic rings. The average Bonchev–Trinajstić information content (AvgIpc) is 2.71. The van der Waals surface area contributed by atoms with Crippen LogP contribution in [-0.2, 0) is 6.54 Å². The van der Waals surface area contributed by atoms with Gasteiger partial charge in [-0.05, 0) is 20.9 Å². The lowest BCUT2D eigenvalue weighted by Crippen LogP contribution is -2.30. The minimum Gasteiger partial charge on any atom is -0.479 e. The van der Waals surface area contributed by atoms with Crippen molar-refractivity contribution in [2.75, 3.05) is 26.4 Å². The Hall–Kier alpha value is -1.89. The van der Waals surface area contributed by atoms with E-state index in [0.29, 0.717) is 29.0 Å². The van der Waals surface area contributed by atoms with Gasteiger partial charge in [0.05, 0.1) is 7.11 Å². The number of nitrogen functional groups attached to an aromatic ring is 1. The summed E-state index contributed by atoms with van der Waals surface area (Å²) in [4.78, 5) is 14.8. The van der Waals surface area contributed by atoms with E-state index >= 15 is 0 Å². The Bertz CT molecular complexity index is 565. The molecule has 0 radical (unpaired) electrons. The number of likely N-dealkylation sites (N-methyl/N-ethyl adjacent to an activating group) is 1. The smallest absolute Gasteiger partial charge is 0.245 e. The zero-order chi connectivity index (χ0) is 14.0. The molecule has 0 amide bonds. The molecule has 0 spiro atoms. The molecule has 0 aliphatic rings. The molecule has 0 unspecified atom stereocenters. The Morgan fingerprint density at radius 1 is 1.42 bits per heavy atom. The molecule has 2 aromatic heterocycles. The fraction of sp³-hybridized carbons (Fsp3) is 0.583. The van der Waals surface area contributed by atoms with Crippen LogP contribution in [0, 0.1) is 0 Å². The van der Waals surface area contributed by atoms with Crippen molar-refractivity contribution in [3.8, 4) is 5.88 Å². The van der Waals surface area contributed by atoms with E-state index in [1.807, 2.05) is 4.57 Å². The third-order valence-electron chi connectivity index (χ3n) is 3.28. The SMILES string of the molecule is COc1ncnc2c1nc(N)n2CCN(C)C(C)C.